The third-order valence-electron chi connectivity index (χ3n) is 2.32. The Balaban J connectivity index is 2.67. The number of pyridine rings is 1. The summed E-state index contributed by atoms with van der Waals surface area (Å²) in [6.45, 7) is -0.314. The van der Waals surface area contributed by atoms with E-state index >= 15 is 0 Å². The maximum absolute atomic E-state index is 12.3. The first-order valence-corrected chi connectivity index (χ1v) is 5.32. The molecule has 1 unspecified atom stereocenters. The largest absolute Gasteiger partial charge is 0.479 e. The Kier molecular flexibility index (Phi) is 5.03. The van der Waals surface area contributed by atoms with Gasteiger partial charge in [-0.2, -0.15) is 13.2 Å². The van der Waals surface area contributed by atoms with Crippen molar-refractivity contribution in [2.75, 3.05) is 13.7 Å². The number of alkyl halides is 3. The summed E-state index contributed by atoms with van der Waals surface area (Å²) in [4.78, 5) is 25.3. The standard InChI is InChI=1S/C11H11F3N2O4/c1-20-7(10(18)19)5-16-9(17)6-2-3-8(15-4-6)11(12,13)14/h2-4,7H,5H2,1H3,(H,16,17)(H,18,19). The molecule has 9 heteroatoms. The molecule has 0 saturated heterocycles. The molecule has 6 nitrogen and oxygen atoms in total. The number of carbonyl (C=O) groups is 2. The molecule has 0 saturated carbocycles. The quantitative estimate of drug-likeness (QED) is 0.843. The molecule has 1 aromatic heterocycles. The van der Waals surface area contributed by atoms with Gasteiger partial charge in [-0.15, -0.1) is 0 Å². The van der Waals surface area contributed by atoms with Crippen LogP contribution < -0.4 is 5.32 Å². The van der Waals surface area contributed by atoms with Crippen molar-refractivity contribution in [2.45, 2.75) is 12.3 Å². The van der Waals surface area contributed by atoms with Gasteiger partial charge in [-0.1, -0.05) is 0 Å². The summed E-state index contributed by atoms with van der Waals surface area (Å²) in [5, 5.41) is 10.9. The van der Waals surface area contributed by atoms with Crippen molar-refractivity contribution in [2.24, 2.45) is 0 Å². The third-order valence-corrected chi connectivity index (χ3v) is 2.32. The Labute approximate surface area is 111 Å². The van der Waals surface area contributed by atoms with Crippen LogP contribution in [0.5, 0.6) is 0 Å². The Bertz CT molecular complexity index is 487. The van der Waals surface area contributed by atoms with E-state index in [-0.39, 0.29) is 12.1 Å². The van der Waals surface area contributed by atoms with Crippen molar-refractivity contribution < 1.29 is 32.6 Å². The van der Waals surface area contributed by atoms with E-state index in [1.54, 1.807) is 0 Å². The summed E-state index contributed by atoms with van der Waals surface area (Å²) in [7, 11) is 1.16. The van der Waals surface area contributed by atoms with Crippen LogP contribution in [0.3, 0.4) is 0 Å². The molecule has 0 fully saturated rings. The molecule has 0 aliphatic rings. The van der Waals surface area contributed by atoms with Gasteiger partial charge in [-0.25, -0.2) is 4.79 Å². The summed E-state index contributed by atoms with van der Waals surface area (Å²) in [6, 6.07) is 1.62. The molecule has 1 rings (SSSR count). The van der Waals surface area contributed by atoms with E-state index in [4.69, 9.17) is 5.11 Å². The van der Waals surface area contributed by atoms with E-state index < -0.39 is 29.9 Å². The highest BCUT2D eigenvalue weighted by Gasteiger charge is 2.32. The molecule has 1 heterocycles. The first kappa shape index (κ1) is 15.9. The van der Waals surface area contributed by atoms with Crippen LogP contribution in [-0.2, 0) is 15.7 Å². The van der Waals surface area contributed by atoms with Crippen molar-refractivity contribution in [1.29, 1.82) is 0 Å². The number of hydrogen-bond acceptors (Lipinski definition) is 4. The number of methoxy groups -OCH3 is 1. The zero-order valence-corrected chi connectivity index (χ0v) is 10.3. The predicted octanol–water partition coefficient (Wildman–Crippen LogP) is 0.930. The molecular formula is C11H11F3N2O4. The predicted molar refractivity (Wildman–Crippen MR) is 60.0 cm³/mol. The summed E-state index contributed by atoms with van der Waals surface area (Å²) in [5.41, 5.74) is -1.23. The lowest BCUT2D eigenvalue weighted by Gasteiger charge is -2.11. The Hall–Kier alpha value is -2.16. The zero-order chi connectivity index (χ0) is 15.3. The second-order valence-electron chi connectivity index (χ2n) is 3.70. The van der Waals surface area contributed by atoms with E-state index in [0.717, 1.165) is 19.4 Å². The van der Waals surface area contributed by atoms with Crippen LogP contribution in [0, 0.1) is 0 Å². The number of hydrogen-bond donors (Lipinski definition) is 2. The number of nitrogens with zero attached hydrogens (tertiary/aromatic N) is 1. The lowest BCUT2D eigenvalue weighted by atomic mass is 10.2. The van der Waals surface area contributed by atoms with E-state index in [1.165, 1.54) is 0 Å². The number of halogens is 3. The van der Waals surface area contributed by atoms with Gasteiger partial charge in [0.05, 0.1) is 12.1 Å². The highest BCUT2D eigenvalue weighted by Crippen LogP contribution is 2.27. The van der Waals surface area contributed by atoms with Gasteiger partial charge >= 0.3 is 12.1 Å². The minimum absolute atomic E-state index is 0.113. The van der Waals surface area contributed by atoms with E-state index in [9.17, 15) is 22.8 Å². The molecule has 20 heavy (non-hydrogen) atoms. The fourth-order valence-electron chi connectivity index (χ4n) is 1.25. The monoisotopic (exact) mass is 292 g/mol. The molecule has 0 aliphatic carbocycles. The molecule has 0 aromatic carbocycles. The minimum Gasteiger partial charge on any atom is -0.479 e. The van der Waals surface area contributed by atoms with Crippen LogP contribution in [0.4, 0.5) is 13.2 Å². The summed E-state index contributed by atoms with van der Waals surface area (Å²) >= 11 is 0. The van der Waals surface area contributed by atoms with Crippen molar-refractivity contribution in [3.8, 4) is 0 Å². The van der Waals surface area contributed by atoms with Crippen molar-refractivity contribution in [1.82, 2.24) is 10.3 Å². The SMILES string of the molecule is COC(CNC(=O)c1ccc(C(F)(F)F)nc1)C(=O)O. The van der Waals surface area contributed by atoms with Crippen LogP contribution in [-0.4, -0.2) is 41.7 Å². The maximum atomic E-state index is 12.3. The van der Waals surface area contributed by atoms with E-state index in [0.29, 0.717) is 6.07 Å². The lowest BCUT2D eigenvalue weighted by Crippen LogP contribution is -2.37. The Morgan fingerprint density at radius 1 is 1.45 bits per heavy atom. The molecular weight excluding hydrogens is 281 g/mol. The van der Waals surface area contributed by atoms with Gasteiger partial charge in [0.1, 0.15) is 5.69 Å². The van der Waals surface area contributed by atoms with Crippen LogP contribution in [0.15, 0.2) is 18.3 Å². The molecule has 1 atom stereocenters. The normalized spacial score (nSPS) is 12.8. The number of rotatable bonds is 5. The second-order valence-corrected chi connectivity index (χ2v) is 3.70. The molecule has 0 radical (unpaired) electrons. The maximum Gasteiger partial charge on any atom is 0.433 e. The minimum atomic E-state index is -4.58. The van der Waals surface area contributed by atoms with Gasteiger partial charge in [0.2, 0.25) is 0 Å². The van der Waals surface area contributed by atoms with Crippen LogP contribution in [0.25, 0.3) is 0 Å². The fourth-order valence-corrected chi connectivity index (χ4v) is 1.25. The summed E-state index contributed by atoms with van der Waals surface area (Å²) < 4.78 is 41.4. The fraction of sp³-hybridized carbons (Fsp3) is 0.364. The third kappa shape index (κ3) is 4.19. The summed E-state index contributed by atoms with van der Waals surface area (Å²) in [5.74, 6) is -2.01. The molecule has 0 aliphatic heterocycles. The number of ether oxygens (including phenoxy) is 1. The van der Waals surface area contributed by atoms with Gasteiger partial charge in [-0.05, 0) is 12.1 Å². The van der Waals surface area contributed by atoms with Gasteiger partial charge in [0.25, 0.3) is 5.91 Å². The number of nitrogens with one attached hydrogen (secondary N) is 1. The van der Waals surface area contributed by atoms with Gasteiger partial charge < -0.3 is 15.2 Å². The molecule has 0 bridgehead atoms. The number of carbonyl (C=O) groups excluding carboxylic acids is 1. The zero-order valence-electron chi connectivity index (χ0n) is 10.3. The number of amides is 1. The second kappa shape index (κ2) is 6.33. The first-order chi connectivity index (χ1) is 9.25. The molecule has 110 valence electrons. The van der Waals surface area contributed by atoms with E-state index in [1.807, 2.05) is 0 Å². The highest BCUT2D eigenvalue weighted by molar-refractivity contribution is 5.94. The van der Waals surface area contributed by atoms with Crippen LogP contribution >= 0.6 is 0 Å². The average molecular weight is 292 g/mol. The lowest BCUT2D eigenvalue weighted by molar-refractivity contribution is -0.148. The first-order valence-electron chi connectivity index (χ1n) is 5.32. The molecule has 2 N–H and O–H groups in total. The van der Waals surface area contributed by atoms with Crippen LogP contribution in [0.2, 0.25) is 0 Å². The Morgan fingerprint density at radius 3 is 2.50 bits per heavy atom. The van der Waals surface area contributed by atoms with E-state index in [2.05, 4.69) is 15.0 Å². The summed E-state index contributed by atoms with van der Waals surface area (Å²) in [6.07, 6.45) is -5.05. The van der Waals surface area contributed by atoms with Crippen LogP contribution in [0.1, 0.15) is 16.1 Å². The number of aliphatic carboxylic acids is 1. The van der Waals surface area contributed by atoms with Crippen molar-refractivity contribution in [3.05, 3.63) is 29.6 Å². The van der Waals surface area contributed by atoms with Gasteiger partial charge in [0, 0.05) is 13.3 Å². The topological polar surface area (TPSA) is 88.5 Å². The number of aromatic nitrogens is 1. The molecule has 1 aromatic rings. The van der Waals surface area contributed by atoms with Gasteiger partial charge in [0.15, 0.2) is 6.10 Å². The number of carboxylic acid groups (broad SMARTS) is 1. The Morgan fingerprint density at radius 2 is 2.10 bits per heavy atom. The average Bonchev–Trinajstić information content (AvgIpc) is 2.38. The van der Waals surface area contributed by atoms with Gasteiger partial charge in [-0.3, -0.25) is 9.78 Å². The van der Waals surface area contributed by atoms with Crippen molar-refractivity contribution in [3.63, 3.8) is 0 Å². The number of carboxylic acids is 1. The molecule has 0 spiro atoms. The smallest absolute Gasteiger partial charge is 0.433 e. The highest BCUT2D eigenvalue weighted by atomic mass is 19.4. The van der Waals surface area contributed by atoms with Crippen molar-refractivity contribution >= 4 is 11.9 Å². The molecule has 1 amide bonds.